The predicted molar refractivity (Wildman–Crippen MR) is 87.7 cm³/mol. The topological polar surface area (TPSA) is 88.0 Å². The maximum Gasteiger partial charge on any atom is 0.408 e. The van der Waals surface area contributed by atoms with E-state index in [1.165, 1.54) is 12.3 Å². The molecule has 1 aliphatic heterocycles. The average Bonchev–Trinajstić information content (AvgIpc) is 3.01. The van der Waals surface area contributed by atoms with Gasteiger partial charge in [-0.05, 0) is 18.9 Å². The smallest absolute Gasteiger partial charge is 0.341 e. The Morgan fingerprint density at radius 1 is 1.23 bits per heavy atom. The molecule has 1 fully saturated rings. The molecule has 0 unspecified atom stereocenters. The molecule has 1 saturated heterocycles. The van der Waals surface area contributed by atoms with E-state index in [0.29, 0.717) is 31.9 Å². The second-order valence-corrected chi connectivity index (χ2v) is 5.92. The molecular weight excluding hydrogens is 351 g/mol. The van der Waals surface area contributed by atoms with Gasteiger partial charge in [-0.1, -0.05) is 0 Å². The molecule has 8 nitrogen and oxygen atoms in total. The lowest BCUT2D eigenvalue weighted by molar-refractivity contribution is -0.142. The van der Waals surface area contributed by atoms with E-state index in [9.17, 15) is 18.0 Å². The van der Waals surface area contributed by atoms with Crippen LogP contribution in [0.2, 0.25) is 0 Å². The maximum absolute atomic E-state index is 12.3. The highest BCUT2D eigenvalue weighted by Crippen LogP contribution is 2.18. The van der Waals surface area contributed by atoms with Crippen molar-refractivity contribution in [3.8, 4) is 0 Å². The summed E-state index contributed by atoms with van der Waals surface area (Å²) in [4.78, 5) is 22.4. The van der Waals surface area contributed by atoms with Gasteiger partial charge in [0.25, 0.3) is 0 Å². The number of halogens is 3. The molecule has 2 N–H and O–H groups in total. The second-order valence-electron chi connectivity index (χ2n) is 5.92. The Morgan fingerprint density at radius 2 is 1.92 bits per heavy atom. The van der Waals surface area contributed by atoms with Gasteiger partial charge in [-0.15, -0.1) is 0 Å². The highest BCUT2D eigenvalue weighted by atomic mass is 19.4. The minimum absolute atomic E-state index is 0.0350. The highest BCUT2D eigenvalue weighted by Gasteiger charge is 2.28. The van der Waals surface area contributed by atoms with E-state index in [-0.39, 0.29) is 11.9 Å². The Balaban J connectivity index is 1.45. The number of carbonyl (C=O) groups is 1. The van der Waals surface area contributed by atoms with Crippen LogP contribution in [0.4, 0.5) is 29.7 Å². The molecule has 26 heavy (non-hydrogen) atoms. The zero-order valence-corrected chi connectivity index (χ0v) is 13.8. The van der Waals surface area contributed by atoms with Crippen LogP contribution in [0.3, 0.4) is 0 Å². The van der Waals surface area contributed by atoms with Crippen molar-refractivity contribution in [3.63, 3.8) is 0 Å². The summed E-state index contributed by atoms with van der Waals surface area (Å²) in [6.45, 7) is 0.209. The summed E-state index contributed by atoms with van der Waals surface area (Å²) in [5, 5.41) is 8.94. The van der Waals surface area contributed by atoms with Gasteiger partial charge in [0.15, 0.2) is 5.82 Å². The summed E-state index contributed by atoms with van der Waals surface area (Å²) in [6.07, 6.45) is 1.60. The summed E-state index contributed by atoms with van der Waals surface area (Å²) in [7, 11) is 0. The van der Waals surface area contributed by atoms with Crippen LogP contribution in [0.25, 0.3) is 0 Å². The van der Waals surface area contributed by atoms with Gasteiger partial charge >= 0.3 is 12.2 Å². The number of rotatable bonds is 4. The van der Waals surface area contributed by atoms with Crippen molar-refractivity contribution in [1.82, 2.24) is 25.1 Å². The third kappa shape index (κ3) is 5.07. The van der Waals surface area contributed by atoms with Crippen molar-refractivity contribution < 1.29 is 18.0 Å². The van der Waals surface area contributed by atoms with Crippen LogP contribution >= 0.6 is 0 Å². The van der Waals surface area contributed by atoms with E-state index >= 15 is 0 Å². The van der Waals surface area contributed by atoms with Gasteiger partial charge in [-0.25, -0.2) is 14.8 Å². The molecule has 11 heteroatoms. The number of urea groups is 1. The van der Waals surface area contributed by atoms with Crippen molar-refractivity contribution in [2.45, 2.75) is 31.6 Å². The quantitative estimate of drug-likeness (QED) is 0.861. The fourth-order valence-electron chi connectivity index (χ4n) is 2.72. The Labute approximate surface area is 147 Å². The minimum Gasteiger partial charge on any atom is -0.341 e. The van der Waals surface area contributed by atoms with Gasteiger partial charge < -0.3 is 10.2 Å². The lowest BCUT2D eigenvalue weighted by Gasteiger charge is -2.32. The number of hydrogen-bond donors (Lipinski definition) is 2. The summed E-state index contributed by atoms with van der Waals surface area (Å²) in [6, 6.07) is 2.54. The number of carbonyl (C=O) groups excluding carboxylic acids is 1. The van der Waals surface area contributed by atoms with Gasteiger partial charge in [-0.2, -0.15) is 18.3 Å². The van der Waals surface area contributed by atoms with E-state index in [1.54, 1.807) is 18.5 Å². The molecule has 2 aromatic rings. The molecule has 0 bridgehead atoms. The molecule has 140 valence electrons. The highest BCUT2D eigenvalue weighted by molar-refractivity contribution is 5.88. The molecule has 0 saturated carbocycles. The van der Waals surface area contributed by atoms with Crippen LogP contribution in [0.1, 0.15) is 12.8 Å². The monoisotopic (exact) mass is 369 g/mol. The normalized spacial score (nSPS) is 15.7. The number of hydrogen-bond acceptors (Lipinski definition) is 5. The molecule has 2 amide bonds. The van der Waals surface area contributed by atoms with Gasteiger partial charge in [0.1, 0.15) is 6.54 Å². The third-order valence-electron chi connectivity index (χ3n) is 3.89. The Hall–Kier alpha value is -2.85. The largest absolute Gasteiger partial charge is 0.408 e. The molecule has 2 aromatic heterocycles. The lowest BCUT2D eigenvalue weighted by Crippen LogP contribution is -2.46. The summed E-state index contributed by atoms with van der Waals surface area (Å²) >= 11 is 0. The van der Waals surface area contributed by atoms with Crippen LogP contribution in [-0.4, -0.2) is 51.1 Å². The molecule has 0 aliphatic carbocycles. The number of nitrogens with zero attached hydrogens (tertiary/aromatic N) is 5. The first-order valence-electron chi connectivity index (χ1n) is 8.09. The van der Waals surface area contributed by atoms with Gasteiger partial charge in [0.2, 0.25) is 5.95 Å². The number of amides is 2. The number of aromatic nitrogens is 4. The van der Waals surface area contributed by atoms with Gasteiger partial charge in [0.05, 0.1) is 0 Å². The maximum atomic E-state index is 12.3. The van der Waals surface area contributed by atoms with Crippen LogP contribution < -0.4 is 15.5 Å². The van der Waals surface area contributed by atoms with E-state index < -0.39 is 18.8 Å². The van der Waals surface area contributed by atoms with Crippen LogP contribution in [0, 0.1) is 0 Å². The van der Waals surface area contributed by atoms with E-state index in [0.717, 1.165) is 4.68 Å². The standard InChI is InChI=1S/C15H18F3N7O/c16-15(17,18)10-25-9-4-12(23-25)22-14(26)21-11-2-7-24(8-3-11)13-19-5-1-6-20-13/h1,4-6,9,11H,2-3,7-8,10H2,(H2,21,22,23,26). The van der Waals surface area contributed by atoms with E-state index in [1.807, 2.05) is 4.90 Å². The van der Waals surface area contributed by atoms with E-state index in [2.05, 4.69) is 25.7 Å². The van der Waals surface area contributed by atoms with Crippen molar-refractivity contribution in [1.29, 1.82) is 0 Å². The molecule has 1 aliphatic rings. The van der Waals surface area contributed by atoms with Crippen LogP contribution in [0.15, 0.2) is 30.7 Å². The minimum atomic E-state index is -4.36. The molecule has 0 spiro atoms. The number of anilines is 2. The van der Waals surface area contributed by atoms with Crippen LogP contribution in [-0.2, 0) is 6.54 Å². The van der Waals surface area contributed by atoms with Crippen molar-refractivity contribution in [2.24, 2.45) is 0 Å². The molecular formula is C15H18F3N7O. The zero-order valence-electron chi connectivity index (χ0n) is 13.8. The predicted octanol–water partition coefficient (Wildman–Crippen LogP) is 2.03. The zero-order chi connectivity index (χ0) is 18.6. The van der Waals surface area contributed by atoms with E-state index in [4.69, 9.17) is 0 Å². The Bertz CT molecular complexity index is 726. The van der Waals surface area contributed by atoms with Crippen molar-refractivity contribution in [2.75, 3.05) is 23.3 Å². The first kappa shape index (κ1) is 18.0. The summed E-state index contributed by atoms with van der Waals surface area (Å²) in [5.41, 5.74) is 0. The fourth-order valence-corrected chi connectivity index (χ4v) is 2.72. The molecule has 0 atom stereocenters. The summed E-state index contributed by atoms with van der Waals surface area (Å²) in [5.74, 6) is 0.729. The van der Waals surface area contributed by atoms with Gasteiger partial charge in [-0.3, -0.25) is 10.00 Å². The molecule has 3 rings (SSSR count). The molecule has 3 heterocycles. The molecule has 0 radical (unpaired) electrons. The summed E-state index contributed by atoms with van der Waals surface area (Å²) < 4.78 is 37.6. The first-order chi connectivity index (χ1) is 12.4. The van der Waals surface area contributed by atoms with Crippen LogP contribution in [0.5, 0.6) is 0 Å². The molecule has 0 aromatic carbocycles. The first-order valence-corrected chi connectivity index (χ1v) is 8.09. The third-order valence-corrected chi connectivity index (χ3v) is 3.89. The lowest BCUT2D eigenvalue weighted by atomic mass is 10.1. The fraction of sp³-hybridized carbons (Fsp3) is 0.467. The number of piperidine rings is 1. The average molecular weight is 369 g/mol. The Morgan fingerprint density at radius 3 is 2.58 bits per heavy atom. The number of nitrogens with one attached hydrogen (secondary N) is 2. The second kappa shape index (κ2) is 7.58. The van der Waals surface area contributed by atoms with Gasteiger partial charge in [0, 0.05) is 43.8 Å². The Kier molecular flexibility index (Phi) is 5.24. The SMILES string of the molecule is O=C(Nc1ccn(CC(F)(F)F)n1)NC1CCN(c2ncccn2)CC1. The van der Waals surface area contributed by atoms with Crippen molar-refractivity contribution >= 4 is 17.8 Å². The number of alkyl halides is 3. The van der Waals surface area contributed by atoms with Crippen molar-refractivity contribution in [3.05, 3.63) is 30.7 Å².